The highest BCUT2D eigenvalue weighted by atomic mass is 31.1. The van der Waals surface area contributed by atoms with Gasteiger partial charge in [0, 0.05) is 4.57 Å². The maximum atomic E-state index is 12.2. The average Bonchev–Trinajstić information content (AvgIpc) is 2.71. The van der Waals surface area contributed by atoms with E-state index in [0.717, 1.165) is 22.3 Å². The molecule has 32 heavy (non-hydrogen) atoms. The minimum atomic E-state index is -2.95. The fourth-order valence-electron chi connectivity index (χ4n) is 4.10. The van der Waals surface area contributed by atoms with E-state index in [-0.39, 0.29) is 16.6 Å². The number of benzene rings is 3. The first kappa shape index (κ1) is 24.1. The first-order chi connectivity index (χ1) is 14.9. The average molecular weight is 452 g/mol. The number of phenolic OH excluding ortho intramolecular Hbond substituents is 1. The summed E-state index contributed by atoms with van der Waals surface area (Å²) in [6.45, 7) is 12.2. The lowest BCUT2D eigenvalue weighted by atomic mass is 9.73. The molecule has 0 aliphatic carbocycles. The van der Waals surface area contributed by atoms with Gasteiger partial charge in [-0.3, -0.25) is 0 Å². The van der Waals surface area contributed by atoms with Gasteiger partial charge in [-0.15, -0.1) is 4.89 Å². The predicted octanol–water partition coefficient (Wildman–Crippen LogP) is 6.95. The van der Waals surface area contributed by atoms with Gasteiger partial charge in [-0.05, 0) is 50.8 Å². The van der Waals surface area contributed by atoms with Crippen LogP contribution in [0.5, 0.6) is 5.75 Å². The van der Waals surface area contributed by atoms with Crippen LogP contribution in [0.15, 0.2) is 72.8 Å². The van der Waals surface area contributed by atoms with E-state index < -0.39 is 13.9 Å². The molecule has 0 saturated heterocycles. The van der Waals surface area contributed by atoms with Gasteiger partial charge in [-0.2, -0.15) is 0 Å². The molecule has 0 saturated carbocycles. The molecule has 168 valence electrons. The fourth-order valence-corrected chi connectivity index (χ4v) is 4.65. The smallest absolute Gasteiger partial charge is 0.507 e. The second-order valence-corrected chi connectivity index (χ2v) is 10.8. The van der Waals surface area contributed by atoms with Gasteiger partial charge in [0.15, 0.2) is 0 Å². The SMILES string of the molecule is CC(C)(C)c1cc(C(O[P+](=O)O)(c2ccccc2)c2ccccc2)cc(C(C)(C)C)c1O. The molecular weight excluding hydrogens is 419 g/mol. The quantitative estimate of drug-likeness (QED) is 0.326. The third-order valence-corrected chi connectivity index (χ3v) is 6.14. The minimum absolute atomic E-state index is 0.247. The number of aromatic hydroxyl groups is 1. The monoisotopic (exact) mass is 451 g/mol. The lowest BCUT2D eigenvalue weighted by Crippen LogP contribution is -2.32. The summed E-state index contributed by atoms with van der Waals surface area (Å²) in [5.41, 5.74) is 1.61. The van der Waals surface area contributed by atoms with Gasteiger partial charge >= 0.3 is 8.25 Å². The van der Waals surface area contributed by atoms with Crippen LogP contribution in [0.1, 0.15) is 69.4 Å². The van der Waals surface area contributed by atoms with Crippen LogP contribution in [0.2, 0.25) is 0 Å². The molecule has 0 heterocycles. The number of hydrogen-bond acceptors (Lipinski definition) is 3. The van der Waals surface area contributed by atoms with Crippen LogP contribution in [0, 0.1) is 0 Å². The normalized spacial score (nSPS) is 13.2. The van der Waals surface area contributed by atoms with Gasteiger partial charge in [0.1, 0.15) is 5.75 Å². The Morgan fingerprint density at radius 1 is 0.688 bits per heavy atom. The van der Waals surface area contributed by atoms with E-state index in [0.29, 0.717) is 5.56 Å². The largest absolute Gasteiger partial charge is 0.696 e. The fraction of sp³-hybridized carbons (Fsp3) is 0.333. The van der Waals surface area contributed by atoms with Crippen molar-refractivity contribution in [1.82, 2.24) is 0 Å². The van der Waals surface area contributed by atoms with Gasteiger partial charge in [0.2, 0.25) is 5.60 Å². The first-order valence-corrected chi connectivity index (χ1v) is 11.8. The van der Waals surface area contributed by atoms with Crippen molar-refractivity contribution in [2.75, 3.05) is 0 Å². The van der Waals surface area contributed by atoms with Crippen molar-refractivity contribution in [2.45, 2.75) is 58.0 Å². The number of rotatable bonds is 5. The Bertz CT molecular complexity index is 1020. The zero-order chi connectivity index (χ0) is 23.7. The van der Waals surface area contributed by atoms with Crippen molar-refractivity contribution in [3.05, 3.63) is 101 Å². The van der Waals surface area contributed by atoms with Crippen molar-refractivity contribution in [3.8, 4) is 5.75 Å². The van der Waals surface area contributed by atoms with Crippen LogP contribution >= 0.6 is 8.25 Å². The molecule has 1 unspecified atom stereocenters. The summed E-state index contributed by atoms with van der Waals surface area (Å²) in [6, 6.07) is 22.7. The highest BCUT2D eigenvalue weighted by Crippen LogP contribution is 2.49. The van der Waals surface area contributed by atoms with Crippen LogP contribution < -0.4 is 0 Å². The van der Waals surface area contributed by atoms with Crippen LogP contribution in [0.25, 0.3) is 0 Å². The molecule has 0 bridgehead atoms. The number of hydrogen-bond donors (Lipinski definition) is 2. The standard InChI is InChI=1S/C27H31O4P/c1-25(2,3)22-17-21(18-23(24(22)28)26(4,5)6)27(31-32(29)30,19-13-9-7-10-14-19)20-15-11-8-12-16-20/h7-18H,1-6H3,(H-,28,29,30)/p+1. The third kappa shape index (κ3) is 4.63. The Morgan fingerprint density at radius 2 is 1.06 bits per heavy atom. The summed E-state index contributed by atoms with van der Waals surface area (Å²) in [5, 5.41) is 11.2. The van der Waals surface area contributed by atoms with Crippen molar-refractivity contribution in [3.63, 3.8) is 0 Å². The molecule has 1 atom stereocenters. The number of phenols is 1. The Morgan fingerprint density at radius 3 is 1.38 bits per heavy atom. The summed E-state index contributed by atoms with van der Waals surface area (Å²) in [4.78, 5) is 10.0. The Labute approximate surface area is 191 Å². The van der Waals surface area contributed by atoms with E-state index in [1.54, 1.807) is 0 Å². The third-order valence-electron chi connectivity index (χ3n) is 5.71. The van der Waals surface area contributed by atoms with Crippen LogP contribution in [0.4, 0.5) is 0 Å². The van der Waals surface area contributed by atoms with E-state index in [4.69, 9.17) is 4.52 Å². The van der Waals surface area contributed by atoms with Crippen molar-refractivity contribution < 1.29 is 19.1 Å². The maximum Gasteiger partial charge on any atom is 0.696 e. The Hall–Kier alpha value is -2.52. The summed E-state index contributed by atoms with van der Waals surface area (Å²) in [5.74, 6) is 0.247. The maximum absolute atomic E-state index is 12.2. The molecule has 5 heteroatoms. The molecule has 0 fully saturated rings. The van der Waals surface area contributed by atoms with Gasteiger partial charge in [-0.25, -0.2) is 0 Å². The molecular formula is C27H32O4P+. The molecule has 3 aromatic rings. The molecule has 0 spiro atoms. The van der Waals surface area contributed by atoms with Crippen molar-refractivity contribution in [2.24, 2.45) is 0 Å². The predicted molar refractivity (Wildman–Crippen MR) is 129 cm³/mol. The topological polar surface area (TPSA) is 66.8 Å². The van der Waals surface area contributed by atoms with Crippen molar-refractivity contribution >= 4 is 8.25 Å². The van der Waals surface area contributed by atoms with Crippen LogP contribution in [-0.2, 0) is 25.5 Å². The molecule has 0 amide bonds. The van der Waals surface area contributed by atoms with Gasteiger partial charge < -0.3 is 5.11 Å². The van der Waals surface area contributed by atoms with Crippen LogP contribution in [0.3, 0.4) is 0 Å². The zero-order valence-electron chi connectivity index (χ0n) is 19.6. The highest BCUT2D eigenvalue weighted by Gasteiger charge is 2.47. The summed E-state index contributed by atoms with van der Waals surface area (Å²) >= 11 is 0. The van der Waals surface area contributed by atoms with E-state index in [1.807, 2.05) is 114 Å². The van der Waals surface area contributed by atoms with E-state index in [1.165, 1.54) is 0 Å². The van der Waals surface area contributed by atoms with Crippen molar-refractivity contribution in [1.29, 1.82) is 0 Å². The molecule has 0 aliphatic rings. The Kier molecular flexibility index (Phi) is 6.62. The lowest BCUT2D eigenvalue weighted by Gasteiger charge is -2.34. The molecule has 3 aromatic carbocycles. The molecule has 0 aliphatic heterocycles. The zero-order valence-corrected chi connectivity index (χ0v) is 20.5. The van der Waals surface area contributed by atoms with E-state index >= 15 is 0 Å². The summed E-state index contributed by atoms with van der Waals surface area (Å²) in [6.07, 6.45) is 0. The molecule has 0 aromatic heterocycles. The van der Waals surface area contributed by atoms with Gasteiger partial charge in [-0.1, -0.05) is 107 Å². The second kappa shape index (κ2) is 8.78. The molecule has 3 rings (SSSR count). The highest BCUT2D eigenvalue weighted by molar-refractivity contribution is 7.32. The second-order valence-electron chi connectivity index (χ2n) is 10.2. The minimum Gasteiger partial charge on any atom is -0.507 e. The van der Waals surface area contributed by atoms with Crippen LogP contribution in [-0.4, -0.2) is 10.00 Å². The van der Waals surface area contributed by atoms with E-state index in [2.05, 4.69) is 0 Å². The molecule has 2 N–H and O–H groups in total. The van der Waals surface area contributed by atoms with Gasteiger partial charge in [0.05, 0.1) is 0 Å². The summed E-state index contributed by atoms with van der Waals surface area (Å²) < 4.78 is 18.2. The Balaban J connectivity index is 2.51. The lowest BCUT2D eigenvalue weighted by molar-refractivity contribution is 0.145. The first-order valence-electron chi connectivity index (χ1n) is 10.7. The van der Waals surface area contributed by atoms with E-state index in [9.17, 15) is 14.6 Å². The summed E-state index contributed by atoms with van der Waals surface area (Å²) in [7, 11) is -2.95. The molecule has 4 nitrogen and oxygen atoms in total. The molecule has 0 radical (unpaired) electrons. The van der Waals surface area contributed by atoms with Gasteiger partial charge in [0.25, 0.3) is 0 Å².